The van der Waals surface area contributed by atoms with Crippen molar-refractivity contribution < 1.29 is 0 Å². The van der Waals surface area contributed by atoms with Gasteiger partial charge in [-0.05, 0) is 0 Å². The number of rotatable bonds is 0. The Balaban J connectivity index is 2.60. The molecule has 0 spiro atoms. The highest BCUT2D eigenvalue weighted by molar-refractivity contribution is 7.81. The molecule has 0 bridgehead atoms. The third-order valence-electron chi connectivity index (χ3n) is 0.321. The fraction of sp³-hybridized carbons (Fsp3) is 0.500. The van der Waals surface area contributed by atoms with Crippen LogP contribution in [0.2, 0.25) is 0 Å². The Morgan fingerprint density at radius 2 is 2.25 bits per heavy atom. The standard InChI is InChI=1S/C2H3NS/c4-2-1-3-2/h1H2,(H,3,4). The summed E-state index contributed by atoms with van der Waals surface area (Å²) in [6.07, 6.45) is 0. The molecule has 1 N–H and O–H groups in total. The monoisotopic (exact) mass is 73.0 g/mol. The highest BCUT2D eigenvalue weighted by Gasteiger charge is 2.04. The second-order valence-electron chi connectivity index (χ2n) is 0.777. The number of thiocarbonyl (C=S) groups is 1. The first-order valence-electron chi connectivity index (χ1n) is 1.16. The van der Waals surface area contributed by atoms with E-state index < -0.39 is 0 Å². The molecule has 0 aromatic rings. The summed E-state index contributed by atoms with van der Waals surface area (Å²) < 4.78 is 0. The fourth-order valence-electron chi connectivity index (χ4n) is 0.0361. The van der Waals surface area contributed by atoms with Crippen LogP contribution in [-0.2, 0) is 0 Å². The van der Waals surface area contributed by atoms with Crippen LogP contribution in [0, 0.1) is 0 Å². The Morgan fingerprint density at radius 3 is 2.25 bits per heavy atom. The maximum atomic E-state index is 4.54. The molecular weight excluding hydrogens is 70.1 g/mol. The molecule has 0 atom stereocenters. The van der Waals surface area contributed by atoms with Gasteiger partial charge >= 0.3 is 0 Å². The Labute approximate surface area is 30.0 Å². The minimum absolute atomic E-state index is 0.968. The summed E-state index contributed by atoms with van der Waals surface area (Å²) in [4.78, 5) is 1.00. The lowest BCUT2D eigenvalue weighted by molar-refractivity contribution is 1.41. The molecular formula is C2H3NS. The highest BCUT2D eigenvalue weighted by Crippen LogP contribution is 1.79. The lowest BCUT2D eigenvalue weighted by Gasteiger charge is -1.34. The average molecular weight is 73.1 g/mol. The summed E-state index contributed by atoms with van der Waals surface area (Å²) in [6.45, 7) is 0.968. The quantitative estimate of drug-likeness (QED) is 0.320. The molecule has 0 aromatic carbocycles. The van der Waals surface area contributed by atoms with Crippen LogP contribution < -0.4 is 5.32 Å². The molecule has 1 aliphatic rings. The van der Waals surface area contributed by atoms with Gasteiger partial charge in [-0.25, -0.2) is 0 Å². The van der Waals surface area contributed by atoms with Gasteiger partial charge in [-0.3, -0.25) is 0 Å². The molecule has 22 valence electrons. The summed E-state index contributed by atoms with van der Waals surface area (Å²) in [5, 5.41) is 2.83. The van der Waals surface area contributed by atoms with Gasteiger partial charge in [0.2, 0.25) is 0 Å². The molecule has 0 aromatic heterocycles. The second kappa shape index (κ2) is 0.432. The highest BCUT2D eigenvalue weighted by atomic mass is 32.1. The molecule has 1 heterocycles. The van der Waals surface area contributed by atoms with E-state index in [1.807, 2.05) is 0 Å². The molecule has 0 aliphatic carbocycles. The van der Waals surface area contributed by atoms with Gasteiger partial charge in [0.15, 0.2) is 0 Å². The molecule has 0 amide bonds. The van der Waals surface area contributed by atoms with Crippen molar-refractivity contribution in [1.82, 2.24) is 5.32 Å². The molecule has 0 saturated carbocycles. The molecule has 0 radical (unpaired) electrons. The van der Waals surface area contributed by atoms with Crippen LogP contribution in [0.5, 0.6) is 0 Å². The van der Waals surface area contributed by atoms with E-state index in [4.69, 9.17) is 0 Å². The summed E-state index contributed by atoms with van der Waals surface area (Å²) >= 11 is 4.54. The topological polar surface area (TPSA) is 21.9 Å². The van der Waals surface area contributed by atoms with Gasteiger partial charge in [-0.1, -0.05) is 12.2 Å². The molecule has 1 rings (SSSR count). The van der Waals surface area contributed by atoms with E-state index in [2.05, 4.69) is 17.5 Å². The van der Waals surface area contributed by atoms with Crippen molar-refractivity contribution in [2.24, 2.45) is 0 Å². The van der Waals surface area contributed by atoms with Crippen LogP contribution in [0.25, 0.3) is 0 Å². The summed E-state index contributed by atoms with van der Waals surface area (Å²) in [7, 11) is 0. The summed E-state index contributed by atoms with van der Waals surface area (Å²) in [5.74, 6) is 0. The van der Waals surface area contributed by atoms with Crippen molar-refractivity contribution in [3.05, 3.63) is 0 Å². The number of hydrogen-bond donors (Lipinski definition) is 1. The molecule has 1 saturated heterocycles. The van der Waals surface area contributed by atoms with Crippen molar-refractivity contribution in [1.29, 1.82) is 0 Å². The summed E-state index contributed by atoms with van der Waals surface area (Å²) in [5.41, 5.74) is 0. The van der Waals surface area contributed by atoms with E-state index in [9.17, 15) is 0 Å². The Bertz CT molecular complexity index is 44.0. The van der Waals surface area contributed by atoms with Gasteiger partial charge in [0.05, 0.1) is 11.5 Å². The van der Waals surface area contributed by atoms with Crippen molar-refractivity contribution in [2.45, 2.75) is 0 Å². The van der Waals surface area contributed by atoms with Gasteiger partial charge in [-0.15, -0.1) is 0 Å². The SMILES string of the molecule is S=C1CN1. The fourth-order valence-corrected chi connectivity index (χ4v) is 0.108. The molecule has 4 heavy (non-hydrogen) atoms. The second-order valence-corrected chi connectivity index (χ2v) is 1.27. The van der Waals surface area contributed by atoms with Gasteiger partial charge in [0.1, 0.15) is 0 Å². The van der Waals surface area contributed by atoms with Crippen molar-refractivity contribution >= 4 is 17.2 Å². The smallest absolute Gasteiger partial charge is 0.0951 e. The van der Waals surface area contributed by atoms with E-state index >= 15 is 0 Å². The minimum atomic E-state index is 0.968. The van der Waals surface area contributed by atoms with E-state index in [-0.39, 0.29) is 0 Å². The number of nitrogens with one attached hydrogen (secondary N) is 1. The molecule has 1 aliphatic heterocycles. The van der Waals surface area contributed by atoms with E-state index in [0.29, 0.717) is 0 Å². The Morgan fingerprint density at radius 1 is 2.00 bits per heavy atom. The zero-order valence-electron chi connectivity index (χ0n) is 2.12. The maximum Gasteiger partial charge on any atom is 0.0951 e. The maximum absolute atomic E-state index is 4.54. The lowest BCUT2D eigenvalue weighted by Crippen LogP contribution is -1.62. The van der Waals surface area contributed by atoms with E-state index in [1.165, 1.54) is 0 Å². The first-order chi connectivity index (χ1) is 1.89. The predicted molar refractivity (Wildman–Crippen MR) is 20.6 cm³/mol. The molecule has 0 unspecified atom stereocenters. The van der Waals surface area contributed by atoms with Gasteiger partial charge < -0.3 is 5.32 Å². The van der Waals surface area contributed by atoms with Gasteiger partial charge in [0.25, 0.3) is 0 Å². The van der Waals surface area contributed by atoms with Crippen molar-refractivity contribution in [3.8, 4) is 0 Å². The van der Waals surface area contributed by atoms with Gasteiger partial charge in [-0.2, -0.15) is 0 Å². The van der Waals surface area contributed by atoms with Crippen LogP contribution in [0.15, 0.2) is 0 Å². The Kier molecular flexibility index (Phi) is 0.232. The largest absolute Gasteiger partial charge is 0.372 e. The summed E-state index contributed by atoms with van der Waals surface area (Å²) in [6, 6.07) is 0. The molecule has 1 fully saturated rings. The third-order valence-corrected chi connectivity index (χ3v) is 0.610. The van der Waals surface area contributed by atoms with Crippen LogP contribution >= 0.6 is 12.2 Å². The Hall–Kier alpha value is -0.110. The third kappa shape index (κ3) is 0.179. The zero-order chi connectivity index (χ0) is 2.99. The minimum Gasteiger partial charge on any atom is -0.372 e. The van der Waals surface area contributed by atoms with Crippen LogP contribution in [0.1, 0.15) is 0 Å². The molecule has 2 heteroatoms. The normalized spacial score (nSPS) is 19.5. The van der Waals surface area contributed by atoms with Crippen LogP contribution in [-0.4, -0.2) is 11.5 Å². The average Bonchev–Trinajstić information content (AvgIpc) is 1.75. The first-order valence-corrected chi connectivity index (χ1v) is 1.57. The molecule has 1 nitrogen and oxygen atoms in total. The van der Waals surface area contributed by atoms with Crippen LogP contribution in [0.4, 0.5) is 0 Å². The van der Waals surface area contributed by atoms with Crippen molar-refractivity contribution in [2.75, 3.05) is 6.54 Å². The number of hydrogen-bond acceptors (Lipinski definition) is 1. The lowest BCUT2D eigenvalue weighted by atomic mass is 11.0. The van der Waals surface area contributed by atoms with E-state index in [1.54, 1.807) is 0 Å². The van der Waals surface area contributed by atoms with E-state index in [0.717, 1.165) is 11.5 Å². The zero-order valence-corrected chi connectivity index (χ0v) is 2.93. The van der Waals surface area contributed by atoms with Gasteiger partial charge in [0, 0.05) is 0 Å². The predicted octanol–water partition coefficient (Wildman–Crippen LogP) is -0.0830. The van der Waals surface area contributed by atoms with Crippen LogP contribution in [0.3, 0.4) is 0 Å². The first kappa shape index (κ1) is 2.15. The van der Waals surface area contributed by atoms with Crippen molar-refractivity contribution in [3.63, 3.8) is 0 Å².